The van der Waals surface area contributed by atoms with Gasteiger partial charge in [0.2, 0.25) is 0 Å². The molecule has 0 amide bonds. The number of aromatic nitrogens is 2. The van der Waals surface area contributed by atoms with E-state index in [9.17, 15) is 24.1 Å². The number of hydrogen-bond acceptors (Lipinski definition) is 8. The molecule has 1 N–H and O–H groups in total. The van der Waals surface area contributed by atoms with Crippen LogP contribution in [0.25, 0.3) is 22.3 Å². The van der Waals surface area contributed by atoms with Crippen molar-refractivity contribution < 1.29 is 18.8 Å². The van der Waals surface area contributed by atoms with Crippen molar-refractivity contribution in [2.75, 3.05) is 0 Å². The van der Waals surface area contributed by atoms with Gasteiger partial charge in [-0.05, 0) is 53.4 Å². The maximum Gasteiger partial charge on any atom is 0.310 e. The number of rotatable bonds is 5. The molecule has 0 radical (unpaired) electrons. The Kier molecular flexibility index (Phi) is 8.96. The van der Waals surface area contributed by atoms with Gasteiger partial charge in [0.15, 0.2) is 0 Å². The molecule has 11 heteroatoms. The Morgan fingerprint density at radius 3 is 2.50 bits per heavy atom. The molecule has 0 saturated heterocycles. The molecule has 2 aliphatic rings. The SMILES string of the molecule is CC.CC.O=C1Cc2cc3n(c(=O)c2CO1)Cc1c-3nc2cc(F)ccc2c1CNSc1ccc([N+](=O)[O-])cc1. The summed E-state index contributed by atoms with van der Waals surface area (Å²) in [7, 11) is 0. The lowest BCUT2D eigenvalue weighted by Crippen LogP contribution is -2.30. The molecule has 0 aliphatic carbocycles. The molecular weight excluding hydrogens is 535 g/mol. The monoisotopic (exact) mass is 564 g/mol. The molecule has 6 rings (SSSR count). The second kappa shape index (κ2) is 12.4. The fourth-order valence-corrected chi connectivity index (χ4v) is 5.34. The van der Waals surface area contributed by atoms with Gasteiger partial charge in [0.1, 0.15) is 12.4 Å². The Morgan fingerprint density at radius 2 is 1.80 bits per heavy atom. The van der Waals surface area contributed by atoms with E-state index in [0.717, 1.165) is 21.4 Å². The normalized spacial score (nSPS) is 12.7. The lowest BCUT2D eigenvalue weighted by molar-refractivity contribution is -0.384. The standard InChI is InChI=1S/C25H17FN4O5S.2C2H6/c26-14-1-6-17-18(10-27-36-16-4-2-15(3-5-16)30(33)34)19-11-29-22(24(19)28-21(17)9-14)7-13-8-23(31)35-12-20(13)25(29)32;2*1-2/h1-7,9,27H,8,10-12H2;2*1-2H3. The molecule has 0 saturated carbocycles. The Bertz CT molecular complexity index is 1650. The number of carbonyl (C=O) groups is 1. The molecule has 2 aromatic carbocycles. The first kappa shape index (κ1) is 28.9. The molecule has 4 aromatic rings. The highest BCUT2D eigenvalue weighted by Crippen LogP contribution is 2.37. The van der Waals surface area contributed by atoms with Crippen molar-refractivity contribution >= 4 is 34.5 Å². The summed E-state index contributed by atoms with van der Waals surface area (Å²) in [6.07, 6.45) is 0.0241. The lowest BCUT2D eigenvalue weighted by Gasteiger charge is -2.17. The average molecular weight is 565 g/mol. The highest BCUT2D eigenvalue weighted by molar-refractivity contribution is 7.97. The Balaban J connectivity index is 0.000000886. The van der Waals surface area contributed by atoms with Crippen LogP contribution in [0.3, 0.4) is 0 Å². The van der Waals surface area contributed by atoms with Crippen molar-refractivity contribution in [3.63, 3.8) is 0 Å². The summed E-state index contributed by atoms with van der Waals surface area (Å²) in [4.78, 5) is 41.0. The second-order valence-corrected chi connectivity index (χ2v) is 9.48. The number of nitro groups is 1. The number of nitrogens with zero attached hydrogens (tertiary/aromatic N) is 3. The van der Waals surface area contributed by atoms with Crippen molar-refractivity contribution in [3.05, 3.63) is 97.1 Å². The van der Waals surface area contributed by atoms with Gasteiger partial charge in [-0.2, -0.15) is 0 Å². The largest absolute Gasteiger partial charge is 0.460 e. The molecule has 2 aromatic heterocycles. The summed E-state index contributed by atoms with van der Waals surface area (Å²) in [6, 6.07) is 12.4. The molecule has 208 valence electrons. The first-order chi connectivity index (χ1) is 19.4. The van der Waals surface area contributed by atoms with Gasteiger partial charge in [-0.25, -0.2) is 9.37 Å². The number of hydrogen-bond donors (Lipinski definition) is 1. The number of pyridine rings is 2. The molecule has 0 unspecified atom stereocenters. The highest BCUT2D eigenvalue weighted by Gasteiger charge is 2.30. The number of fused-ring (bicyclic) bond motifs is 5. The molecule has 40 heavy (non-hydrogen) atoms. The third-order valence-corrected chi connectivity index (χ3v) is 7.21. The quantitative estimate of drug-likeness (QED) is 0.121. The van der Waals surface area contributed by atoms with Crippen LogP contribution >= 0.6 is 11.9 Å². The first-order valence-corrected chi connectivity index (χ1v) is 13.9. The summed E-state index contributed by atoms with van der Waals surface area (Å²) >= 11 is 1.31. The van der Waals surface area contributed by atoms with Crippen molar-refractivity contribution in [1.82, 2.24) is 14.3 Å². The fraction of sp³-hybridized carbons (Fsp3) is 0.276. The zero-order chi connectivity index (χ0) is 29.0. The molecular formula is C29H29FN4O5S. The number of esters is 1. The van der Waals surface area contributed by atoms with E-state index in [1.165, 1.54) is 36.2 Å². The van der Waals surface area contributed by atoms with Crippen LogP contribution in [0.1, 0.15) is 49.9 Å². The average Bonchev–Trinajstić information content (AvgIpc) is 3.33. The smallest absolute Gasteiger partial charge is 0.310 e. The lowest BCUT2D eigenvalue weighted by atomic mass is 9.99. The van der Waals surface area contributed by atoms with Crippen molar-refractivity contribution in [3.8, 4) is 11.4 Å². The maximum atomic E-state index is 14.1. The third-order valence-electron chi connectivity index (χ3n) is 6.42. The number of benzene rings is 2. The predicted molar refractivity (Wildman–Crippen MR) is 152 cm³/mol. The fourth-order valence-electron chi connectivity index (χ4n) is 4.68. The number of carbonyl (C=O) groups excluding carboxylic acids is 1. The van der Waals surface area contributed by atoms with Crippen LogP contribution in [0, 0.1) is 15.9 Å². The summed E-state index contributed by atoms with van der Waals surface area (Å²) in [5.74, 6) is -0.801. The maximum absolute atomic E-state index is 14.1. The Hall–Kier alpha value is -4.09. The van der Waals surface area contributed by atoms with Gasteiger partial charge in [0.25, 0.3) is 11.2 Å². The number of non-ortho nitro benzene ring substituents is 1. The predicted octanol–water partition coefficient (Wildman–Crippen LogP) is 5.92. The van der Waals surface area contributed by atoms with Crippen LogP contribution in [0.2, 0.25) is 0 Å². The zero-order valence-electron chi connectivity index (χ0n) is 22.6. The Morgan fingerprint density at radius 1 is 1.07 bits per heavy atom. The second-order valence-electron chi connectivity index (χ2n) is 8.52. The number of cyclic esters (lactones) is 1. The summed E-state index contributed by atoms with van der Waals surface area (Å²) in [5, 5.41) is 11.6. The van der Waals surface area contributed by atoms with E-state index in [1.807, 2.05) is 33.8 Å². The van der Waals surface area contributed by atoms with Crippen molar-refractivity contribution in [2.45, 2.75) is 58.7 Å². The molecule has 0 atom stereocenters. The highest BCUT2D eigenvalue weighted by atomic mass is 32.2. The number of nitrogens with one attached hydrogen (secondary N) is 1. The third kappa shape index (κ3) is 5.47. The van der Waals surface area contributed by atoms with Crippen molar-refractivity contribution in [1.29, 1.82) is 0 Å². The summed E-state index contributed by atoms with van der Waals surface area (Å²) in [5.41, 5.74) is 4.25. The van der Waals surface area contributed by atoms with E-state index in [0.29, 0.717) is 41.1 Å². The minimum absolute atomic E-state index is 0.0114. The number of halogens is 1. The number of ether oxygens (including phenoxy) is 1. The van der Waals surface area contributed by atoms with E-state index in [1.54, 1.807) is 22.8 Å². The molecule has 0 fully saturated rings. The molecule has 9 nitrogen and oxygen atoms in total. The van der Waals surface area contributed by atoms with Crippen LogP contribution in [0.15, 0.2) is 58.2 Å². The van der Waals surface area contributed by atoms with Crippen LogP contribution in [-0.2, 0) is 35.6 Å². The summed E-state index contributed by atoms with van der Waals surface area (Å²) in [6.45, 7) is 8.62. The van der Waals surface area contributed by atoms with Gasteiger partial charge in [-0.15, -0.1) is 0 Å². The molecule has 2 aliphatic heterocycles. The van der Waals surface area contributed by atoms with Gasteiger partial charge in [0.05, 0.1) is 40.4 Å². The van der Waals surface area contributed by atoms with Crippen molar-refractivity contribution in [2.24, 2.45) is 0 Å². The van der Waals surface area contributed by atoms with Crippen LogP contribution < -0.4 is 10.3 Å². The van der Waals surface area contributed by atoms with E-state index in [4.69, 9.17) is 9.72 Å². The van der Waals surface area contributed by atoms with Gasteiger partial charge in [-0.3, -0.25) is 24.4 Å². The van der Waals surface area contributed by atoms with E-state index in [2.05, 4.69) is 4.72 Å². The van der Waals surface area contributed by atoms with Gasteiger partial charge in [0, 0.05) is 40.6 Å². The zero-order valence-corrected chi connectivity index (χ0v) is 23.4. The van der Waals surface area contributed by atoms with Gasteiger partial charge in [-0.1, -0.05) is 27.7 Å². The van der Waals surface area contributed by atoms with E-state index in [-0.39, 0.29) is 30.2 Å². The van der Waals surface area contributed by atoms with E-state index >= 15 is 0 Å². The summed E-state index contributed by atoms with van der Waals surface area (Å²) < 4.78 is 24.1. The van der Waals surface area contributed by atoms with Crippen LogP contribution in [-0.4, -0.2) is 20.4 Å². The number of nitro benzene ring substituents is 1. The van der Waals surface area contributed by atoms with Crippen LogP contribution in [0.4, 0.5) is 10.1 Å². The Labute approximate surface area is 234 Å². The molecule has 0 bridgehead atoms. The molecule has 0 spiro atoms. The van der Waals surface area contributed by atoms with Gasteiger partial charge >= 0.3 is 5.97 Å². The van der Waals surface area contributed by atoms with Crippen LogP contribution in [0.5, 0.6) is 0 Å². The minimum Gasteiger partial charge on any atom is -0.460 e. The topological polar surface area (TPSA) is 116 Å². The minimum atomic E-state index is -0.451. The van der Waals surface area contributed by atoms with Gasteiger partial charge < -0.3 is 9.30 Å². The first-order valence-electron chi connectivity index (χ1n) is 13.1. The molecule has 4 heterocycles. The van der Waals surface area contributed by atoms with E-state index < -0.39 is 10.7 Å².